The van der Waals surface area contributed by atoms with Crippen LogP contribution in [0.2, 0.25) is 0 Å². The van der Waals surface area contributed by atoms with Crippen molar-refractivity contribution in [1.82, 2.24) is 9.88 Å². The highest BCUT2D eigenvalue weighted by Gasteiger charge is 2.41. The number of benzene rings is 1. The van der Waals surface area contributed by atoms with Gasteiger partial charge in [-0.25, -0.2) is 0 Å². The summed E-state index contributed by atoms with van der Waals surface area (Å²) in [7, 11) is 0. The van der Waals surface area contributed by atoms with E-state index < -0.39 is 5.60 Å². The molecule has 0 aliphatic carbocycles. The quantitative estimate of drug-likeness (QED) is 0.719. The van der Waals surface area contributed by atoms with Gasteiger partial charge in [-0.05, 0) is 64.3 Å². The first-order valence-corrected chi connectivity index (χ1v) is 9.80. The van der Waals surface area contributed by atoms with Gasteiger partial charge in [-0.2, -0.15) is 0 Å². The van der Waals surface area contributed by atoms with Gasteiger partial charge >= 0.3 is 5.97 Å². The van der Waals surface area contributed by atoms with Gasteiger partial charge in [-0.1, -0.05) is 36.4 Å². The second kappa shape index (κ2) is 8.22. The fourth-order valence-corrected chi connectivity index (χ4v) is 3.98. The average Bonchev–Trinajstić information content (AvgIpc) is 2.67. The van der Waals surface area contributed by atoms with Gasteiger partial charge in [-0.3, -0.25) is 14.7 Å². The number of likely N-dealkylation sites (tertiary alicyclic amines) is 1. The first-order chi connectivity index (χ1) is 12.9. The number of piperidine rings is 1. The molecule has 2 heterocycles. The molecule has 27 heavy (non-hydrogen) atoms. The van der Waals surface area contributed by atoms with E-state index >= 15 is 0 Å². The Bertz CT molecular complexity index is 740. The second-order valence-corrected chi connectivity index (χ2v) is 8.34. The molecule has 144 valence electrons. The van der Waals surface area contributed by atoms with E-state index in [-0.39, 0.29) is 24.0 Å². The van der Waals surface area contributed by atoms with Crippen LogP contribution < -0.4 is 0 Å². The summed E-state index contributed by atoms with van der Waals surface area (Å²) in [6, 6.07) is 14.7. The smallest absolute Gasteiger partial charge is 0.311 e. The van der Waals surface area contributed by atoms with Gasteiger partial charge in [0.1, 0.15) is 5.60 Å². The van der Waals surface area contributed by atoms with Crippen LogP contribution in [0.1, 0.15) is 63.7 Å². The Kier molecular flexibility index (Phi) is 5.95. The highest BCUT2D eigenvalue weighted by Crippen LogP contribution is 2.41. The van der Waals surface area contributed by atoms with Crippen molar-refractivity contribution in [3.63, 3.8) is 0 Å². The molecule has 0 radical (unpaired) electrons. The number of rotatable bonds is 4. The minimum Gasteiger partial charge on any atom is -0.460 e. The van der Waals surface area contributed by atoms with E-state index in [4.69, 9.17) is 4.74 Å². The highest BCUT2D eigenvalue weighted by molar-refractivity contribution is 5.74. The van der Waals surface area contributed by atoms with Crippen molar-refractivity contribution in [2.75, 3.05) is 6.54 Å². The molecular weight excluding hydrogens is 336 g/mol. The molecule has 4 heteroatoms. The lowest BCUT2D eigenvalue weighted by Gasteiger charge is -2.44. The number of ether oxygens (including phenoxy) is 1. The number of esters is 1. The van der Waals surface area contributed by atoms with Crippen molar-refractivity contribution in [1.29, 1.82) is 0 Å². The molecule has 1 aromatic carbocycles. The zero-order chi connectivity index (χ0) is 19.4. The van der Waals surface area contributed by atoms with Crippen molar-refractivity contribution in [3.8, 4) is 0 Å². The lowest BCUT2D eigenvalue weighted by Crippen LogP contribution is -2.44. The van der Waals surface area contributed by atoms with E-state index in [1.54, 1.807) is 6.20 Å². The van der Waals surface area contributed by atoms with E-state index in [1.165, 1.54) is 5.56 Å². The first kappa shape index (κ1) is 19.6. The SMILES string of the molecule is C[C@H](c1ccccc1)N1CCC[C@H](C(=O)OC(C)(C)C)[C@H]1c1cccnc1. The number of nitrogens with zero attached hydrogens (tertiary/aromatic N) is 2. The van der Waals surface area contributed by atoms with E-state index in [2.05, 4.69) is 47.1 Å². The predicted molar refractivity (Wildman–Crippen MR) is 107 cm³/mol. The van der Waals surface area contributed by atoms with Crippen LogP contribution in [-0.2, 0) is 9.53 Å². The van der Waals surface area contributed by atoms with Gasteiger partial charge in [0, 0.05) is 18.4 Å². The molecule has 4 nitrogen and oxygen atoms in total. The number of pyridine rings is 1. The lowest BCUT2D eigenvalue weighted by atomic mass is 9.83. The maximum Gasteiger partial charge on any atom is 0.311 e. The standard InChI is InChI=1S/C23H30N2O2/c1-17(18-10-6-5-7-11-18)25-15-9-13-20(22(26)27-23(2,3)4)21(25)19-12-8-14-24-16-19/h5-8,10-12,14,16-17,20-21H,9,13,15H2,1-4H3/t17-,20+,21-/m1/s1. The van der Waals surface area contributed by atoms with Crippen LogP contribution in [0.5, 0.6) is 0 Å². The summed E-state index contributed by atoms with van der Waals surface area (Å²) in [6.45, 7) is 8.95. The molecule has 1 aliphatic rings. The molecule has 3 atom stereocenters. The van der Waals surface area contributed by atoms with Crippen molar-refractivity contribution in [2.24, 2.45) is 5.92 Å². The minimum atomic E-state index is -0.482. The lowest BCUT2D eigenvalue weighted by molar-refractivity contribution is -0.165. The molecule has 1 fully saturated rings. The third kappa shape index (κ3) is 4.75. The summed E-state index contributed by atoms with van der Waals surface area (Å²) in [5.41, 5.74) is 1.86. The summed E-state index contributed by atoms with van der Waals surface area (Å²) < 4.78 is 5.78. The maximum atomic E-state index is 13.0. The topological polar surface area (TPSA) is 42.4 Å². The number of carbonyl (C=O) groups excluding carboxylic acids is 1. The molecule has 0 unspecified atom stereocenters. The molecule has 0 N–H and O–H groups in total. The molecule has 1 aliphatic heterocycles. The van der Waals surface area contributed by atoms with E-state index in [0.29, 0.717) is 0 Å². The molecule has 0 saturated carbocycles. The third-order valence-corrected chi connectivity index (χ3v) is 5.18. The summed E-state index contributed by atoms with van der Waals surface area (Å²) in [6.07, 6.45) is 5.49. The van der Waals surface area contributed by atoms with Gasteiger partial charge in [-0.15, -0.1) is 0 Å². The maximum absolute atomic E-state index is 13.0. The Morgan fingerprint density at radius 2 is 1.93 bits per heavy atom. The highest BCUT2D eigenvalue weighted by atomic mass is 16.6. The summed E-state index contributed by atoms with van der Waals surface area (Å²) in [5.74, 6) is -0.297. The molecule has 1 aromatic heterocycles. The first-order valence-electron chi connectivity index (χ1n) is 9.80. The van der Waals surface area contributed by atoms with Crippen molar-refractivity contribution < 1.29 is 9.53 Å². The second-order valence-electron chi connectivity index (χ2n) is 8.34. The van der Waals surface area contributed by atoms with E-state index in [0.717, 1.165) is 24.9 Å². The molecule has 0 amide bonds. The summed E-state index contributed by atoms with van der Waals surface area (Å²) in [4.78, 5) is 19.8. The minimum absolute atomic E-state index is 0.0301. The van der Waals surface area contributed by atoms with Crippen LogP contribution in [0.15, 0.2) is 54.9 Å². The number of carbonyl (C=O) groups is 1. The van der Waals surface area contributed by atoms with Crippen LogP contribution >= 0.6 is 0 Å². The zero-order valence-electron chi connectivity index (χ0n) is 16.8. The van der Waals surface area contributed by atoms with Gasteiger partial charge < -0.3 is 4.74 Å². The van der Waals surface area contributed by atoms with Crippen molar-refractivity contribution in [2.45, 2.75) is 58.2 Å². The molecule has 1 saturated heterocycles. The summed E-state index contributed by atoms with van der Waals surface area (Å²) >= 11 is 0. The monoisotopic (exact) mass is 366 g/mol. The van der Waals surface area contributed by atoms with Crippen molar-refractivity contribution >= 4 is 5.97 Å². The van der Waals surface area contributed by atoms with Crippen LogP contribution in [0.25, 0.3) is 0 Å². The fraction of sp³-hybridized carbons (Fsp3) is 0.478. The van der Waals surface area contributed by atoms with Gasteiger partial charge in [0.05, 0.1) is 12.0 Å². The largest absolute Gasteiger partial charge is 0.460 e. The Labute approximate surface area is 162 Å². The van der Waals surface area contributed by atoms with Gasteiger partial charge in [0.25, 0.3) is 0 Å². The molecular formula is C23H30N2O2. The Hall–Kier alpha value is -2.20. The zero-order valence-corrected chi connectivity index (χ0v) is 16.8. The molecule has 0 spiro atoms. The Morgan fingerprint density at radius 3 is 2.56 bits per heavy atom. The third-order valence-electron chi connectivity index (χ3n) is 5.18. The fourth-order valence-electron chi connectivity index (χ4n) is 3.98. The van der Waals surface area contributed by atoms with Crippen LogP contribution in [0.4, 0.5) is 0 Å². The number of aromatic nitrogens is 1. The number of hydrogen-bond donors (Lipinski definition) is 0. The van der Waals surface area contributed by atoms with E-state index in [1.807, 2.05) is 39.1 Å². The van der Waals surface area contributed by atoms with Crippen LogP contribution in [0, 0.1) is 5.92 Å². The molecule has 2 aromatic rings. The van der Waals surface area contributed by atoms with Gasteiger partial charge in [0.15, 0.2) is 0 Å². The summed E-state index contributed by atoms with van der Waals surface area (Å²) in [5, 5.41) is 0. The molecule has 3 rings (SSSR count). The Balaban J connectivity index is 1.95. The van der Waals surface area contributed by atoms with Crippen molar-refractivity contribution in [3.05, 3.63) is 66.0 Å². The predicted octanol–water partition coefficient (Wildman–Crippen LogP) is 4.94. The van der Waals surface area contributed by atoms with Crippen LogP contribution in [0.3, 0.4) is 0 Å². The van der Waals surface area contributed by atoms with E-state index in [9.17, 15) is 4.79 Å². The van der Waals surface area contributed by atoms with Crippen LogP contribution in [-0.4, -0.2) is 28.0 Å². The number of hydrogen-bond acceptors (Lipinski definition) is 4. The van der Waals surface area contributed by atoms with Gasteiger partial charge in [0.2, 0.25) is 0 Å². The normalized spacial score (nSPS) is 22.2. The average molecular weight is 367 g/mol. The molecule has 0 bridgehead atoms. The Morgan fingerprint density at radius 1 is 1.19 bits per heavy atom.